The number of nitrogen functional groups attached to an aromatic ring is 1. The molecule has 43 heavy (non-hydrogen) atoms. The summed E-state index contributed by atoms with van der Waals surface area (Å²) in [5.74, 6) is -0.823. The number of benzene rings is 3. The lowest BCUT2D eigenvalue weighted by atomic mass is 9.93. The molecule has 1 heterocycles. The van der Waals surface area contributed by atoms with Crippen LogP contribution in [-0.2, 0) is 21.6 Å². The Kier molecular flexibility index (Phi) is 8.27. The number of carbonyl (C=O) groups is 2. The lowest BCUT2D eigenvalue weighted by molar-refractivity contribution is -0.140. The summed E-state index contributed by atoms with van der Waals surface area (Å²) in [5.41, 5.74) is 8.29. The van der Waals surface area contributed by atoms with Crippen LogP contribution >= 0.6 is 22.9 Å². The summed E-state index contributed by atoms with van der Waals surface area (Å²) in [5, 5.41) is 12.6. The lowest BCUT2D eigenvalue weighted by Crippen LogP contribution is -2.19. The molecule has 0 unspecified atom stereocenters. The molecular weight excluding hydrogens is 601 g/mol. The van der Waals surface area contributed by atoms with Crippen molar-refractivity contribution in [1.82, 2.24) is 0 Å². The maximum absolute atomic E-state index is 13.4. The summed E-state index contributed by atoms with van der Waals surface area (Å²) in [6.07, 6.45) is -3.34. The van der Waals surface area contributed by atoms with E-state index < -0.39 is 29.2 Å². The van der Waals surface area contributed by atoms with Gasteiger partial charge in [-0.2, -0.15) is 13.2 Å². The second-order valence-corrected chi connectivity index (χ2v) is 11.7. The molecule has 222 valence electrons. The Labute approximate surface area is 254 Å². The van der Waals surface area contributed by atoms with Gasteiger partial charge in [0, 0.05) is 21.7 Å². The Morgan fingerprint density at radius 1 is 1.02 bits per heavy atom. The predicted octanol–water partition coefficient (Wildman–Crippen LogP) is 9.15. The van der Waals surface area contributed by atoms with Gasteiger partial charge < -0.3 is 15.6 Å². The normalized spacial score (nSPS) is 14.3. The van der Waals surface area contributed by atoms with Crippen molar-refractivity contribution in [2.24, 2.45) is 0 Å². The quantitative estimate of drug-likeness (QED) is 0.181. The van der Waals surface area contributed by atoms with Gasteiger partial charge in [0.1, 0.15) is 6.61 Å². The van der Waals surface area contributed by atoms with E-state index in [0.29, 0.717) is 33.9 Å². The lowest BCUT2D eigenvalue weighted by Gasteiger charge is -2.12. The summed E-state index contributed by atoms with van der Waals surface area (Å²) >= 11 is 7.18. The monoisotopic (exact) mass is 626 g/mol. The van der Waals surface area contributed by atoms with Gasteiger partial charge in [-0.25, -0.2) is 4.79 Å². The topological polar surface area (TPSA) is 102 Å². The molecule has 6 nitrogen and oxygen atoms in total. The predicted molar refractivity (Wildman–Crippen MR) is 163 cm³/mol. The van der Waals surface area contributed by atoms with E-state index in [2.05, 4.69) is 5.32 Å². The highest BCUT2D eigenvalue weighted by atomic mass is 35.5. The molecular formula is C32H26ClF3N2O4S. The molecule has 1 aliphatic rings. The third kappa shape index (κ3) is 6.40. The first-order valence-corrected chi connectivity index (χ1v) is 14.4. The number of carboxylic acids is 1. The van der Waals surface area contributed by atoms with Crippen molar-refractivity contribution < 1.29 is 32.6 Å². The number of nitrogens with two attached hydrogens (primary N) is 1. The molecule has 1 aromatic heterocycles. The van der Waals surface area contributed by atoms with Gasteiger partial charge >= 0.3 is 18.2 Å². The molecule has 0 bridgehead atoms. The van der Waals surface area contributed by atoms with E-state index in [1.165, 1.54) is 0 Å². The minimum Gasteiger partial charge on any atom is -0.481 e. The van der Waals surface area contributed by atoms with Crippen LogP contribution < -0.4 is 11.1 Å². The van der Waals surface area contributed by atoms with Crippen molar-refractivity contribution in [2.45, 2.75) is 38.0 Å². The summed E-state index contributed by atoms with van der Waals surface area (Å²) in [4.78, 5) is 24.9. The molecule has 1 aliphatic carbocycles. The highest BCUT2D eigenvalue weighted by Gasteiger charge is 2.51. The minimum absolute atomic E-state index is 0.0246. The highest BCUT2D eigenvalue weighted by Crippen LogP contribution is 2.49. The maximum atomic E-state index is 13.4. The Morgan fingerprint density at radius 3 is 2.16 bits per heavy atom. The van der Waals surface area contributed by atoms with Crippen molar-refractivity contribution >= 4 is 51.8 Å². The van der Waals surface area contributed by atoms with Crippen molar-refractivity contribution in [3.05, 3.63) is 100 Å². The van der Waals surface area contributed by atoms with Gasteiger partial charge in [0.05, 0.1) is 21.0 Å². The number of carbonyl (C=O) groups excluding carboxylic acids is 1. The second kappa shape index (κ2) is 11.8. The molecule has 1 amide bonds. The van der Waals surface area contributed by atoms with Crippen LogP contribution in [0.15, 0.2) is 78.4 Å². The van der Waals surface area contributed by atoms with Gasteiger partial charge in [-0.3, -0.25) is 10.1 Å². The third-order valence-electron chi connectivity index (χ3n) is 7.40. The fourth-order valence-electron chi connectivity index (χ4n) is 4.67. The van der Waals surface area contributed by atoms with Crippen molar-refractivity contribution in [2.75, 3.05) is 11.1 Å². The molecule has 1 saturated carbocycles. The van der Waals surface area contributed by atoms with Gasteiger partial charge in [-0.15, -0.1) is 11.3 Å². The van der Waals surface area contributed by atoms with Crippen LogP contribution in [0, 0.1) is 0 Å². The number of rotatable bonds is 8. The van der Waals surface area contributed by atoms with E-state index in [-0.39, 0.29) is 22.9 Å². The second-order valence-electron chi connectivity index (χ2n) is 10.2. The van der Waals surface area contributed by atoms with Gasteiger partial charge in [0.2, 0.25) is 0 Å². The largest absolute Gasteiger partial charge is 0.481 e. The first kappa shape index (κ1) is 30.2. The molecule has 0 atom stereocenters. The zero-order chi connectivity index (χ0) is 30.9. The molecule has 3 aromatic carbocycles. The summed E-state index contributed by atoms with van der Waals surface area (Å²) in [6, 6.07) is 21.4. The molecule has 0 aliphatic heterocycles. The number of aliphatic carboxylic acids is 1. The number of nitrogens with one attached hydrogen (secondary N) is 1. The number of halogens is 4. The van der Waals surface area contributed by atoms with E-state index >= 15 is 0 Å². The smallest absolute Gasteiger partial charge is 0.412 e. The number of alkyl halides is 3. The van der Waals surface area contributed by atoms with Gasteiger partial charge in [0.15, 0.2) is 0 Å². The molecule has 4 N–H and O–H groups in total. The van der Waals surface area contributed by atoms with Crippen LogP contribution in [0.1, 0.15) is 36.5 Å². The molecule has 0 radical (unpaired) electrons. The first-order valence-electron chi connectivity index (χ1n) is 13.2. The number of allylic oxidation sites excluding steroid dienone is 1. The SMILES string of the molecule is C/C(=C\c1c(N)sc(-c2ccc(-c3ccc(C4(C(=O)O)CC4)cc3)cc2)c1NC(=O)OCc1ccccc1Cl)C(F)(F)F. The van der Waals surface area contributed by atoms with Crippen LogP contribution in [0.25, 0.3) is 27.6 Å². The number of amides is 1. The molecule has 0 saturated heterocycles. The van der Waals surface area contributed by atoms with Gasteiger partial charge in [0.25, 0.3) is 0 Å². The number of hydrogen-bond donors (Lipinski definition) is 3. The Morgan fingerprint density at radius 2 is 1.60 bits per heavy atom. The Hall–Kier alpha value is -4.28. The first-order chi connectivity index (χ1) is 20.4. The third-order valence-corrected chi connectivity index (χ3v) is 8.86. The Balaban J connectivity index is 1.43. The zero-order valence-corrected chi connectivity index (χ0v) is 24.4. The van der Waals surface area contributed by atoms with E-state index in [4.69, 9.17) is 22.1 Å². The number of hydrogen-bond acceptors (Lipinski definition) is 5. The summed E-state index contributed by atoms with van der Waals surface area (Å²) in [6.45, 7) is 0.784. The number of ether oxygens (including phenoxy) is 1. The van der Waals surface area contributed by atoms with Crippen LogP contribution in [0.2, 0.25) is 5.02 Å². The molecule has 5 rings (SSSR count). The summed E-state index contributed by atoms with van der Waals surface area (Å²) in [7, 11) is 0. The van der Waals surface area contributed by atoms with Crippen LogP contribution in [0.5, 0.6) is 0 Å². The highest BCUT2D eigenvalue weighted by molar-refractivity contribution is 7.20. The zero-order valence-electron chi connectivity index (χ0n) is 22.8. The maximum Gasteiger partial charge on any atom is 0.412 e. The van der Waals surface area contributed by atoms with Crippen molar-refractivity contribution in [3.63, 3.8) is 0 Å². The van der Waals surface area contributed by atoms with Crippen LogP contribution in [0.4, 0.5) is 28.7 Å². The van der Waals surface area contributed by atoms with E-state index in [0.717, 1.165) is 41.0 Å². The minimum atomic E-state index is -4.59. The molecule has 0 spiro atoms. The Bertz CT molecular complexity index is 1710. The average molecular weight is 627 g/mol. The van der Waals surface area contributed by atoms with E-state index in [1.807, 2.05) is 36.4 Å². The van der Waals surface area contributed by atoms with E-state index in [1.54, 1.807) is 36.4 Å². The fourth-order valence-corrected chi connectivity index (χ4v) is 5.87. The van der Waals surface area contributed by atoms with E-state index in [9.17, 15) is 27.9 Å². The van der Waals surface area contributed by atoms with Crippen molar-refractivity contribution in [3.8, 4) is 21.6 Å². The molecule has 11 heteroatoms. The van der Waals surface area contributed by atoms with Gasteiger partial charge in [-0.05, 0) is 54.2 Å². The van der Waals surface area contributed by atoms with Gasteiger partial charge in [-0.1, -0.05) is 78.3 Å². The van der Waals surface area contributed by atoms with Crippen LogP contribution in [-0.4, -0.2) is 23.3 Å². The standard InChI is InChI=1S/C32H26ClF3N2O4S/c1-18(32(34,35)36)16-24-26(38-30(41)42-17-22-4-2-3-5-25(22)33)27(43-28(24)37)21-8-6-19(7-9-21)20-10-12-23(13-11-20)31(14-15-31)29(39)40/h2-13,16H,14-15,17,37H2,1H3,(H,38,41)(H,39,40)/b18-16+. The number of carboxylic acid groups (broad SMARTS) is 1. The molecule has 4 aromatic rings. The summed E-state index contributed by atoms with van der Waals surface area (Å²) < 4.78 is 45.6. The average Bonchev–Trinajstić information content (AvgIpc) is 3.74. The molecule has 1 fully saturated rings. The number of anilines is 2. The number of thiophene rings is 1. The fraction of sp³-hybridized carbons (Fsp3) is 0.188. The van der Waals surface area contributed by atoms with Crippen LogP contribution in [0.3, 0.4) is 0 Å². The van der Waals surface area contributed by atoms with Crippen molar-refractivity contribution in [1.29, 1.82) is 0 Å².